The largest absolute Gasteiger partial charge is 0.444 e. The molecule has 0 aliphatic carbocycles. The fraction of sp³-hybridized carbons (Fsp3) is 0.656. The molecule has 12 nitrogen and oxygen atoms in total. The van der Waals surface area contributed by atoms with Crippen LogP contribution in [0.2, 0.25) is 0 Å². The van der Waals surface area contributed by atoms with Gasteiger partial charge in [-0.05, 0) is 77.3 Å². The van der Waals surface area contributed by atoms with Crippen molar-refractivity contribution in [2.75, 3.05) is 32.5 Å². The van der Waals surface area contributed by atoms with Crippen molar-refractivity contribution in [3.05, 3.63) is 29.3 Å². The van der Waals surface area contributed by atoms with Gasteiger partial charge in [0.15, 0.2) is 0 Å². The second-order valence-electron chi connectivity index (χ2n) is 11.0. The van der Waals surface area contributed by atoms with Crippen LogP contribution in [0.15, 0.2) is 18.2 Å². The van der Waals surface area contributed by atoms with E-state index in [2.05, 4.69) is 55.9 Å². The molecule has 0 spiro atoms. The summed E-state index contributed by atoms with van der Waals surface area (Å²) in [5.74, 6) is 0.370. The number of nitrogens with one attached hydrogen (secondary N) is 5. The lowest BCUT2D eigenvalue weighted by Gasteiger charge is -2.21. The molecule has 0 saturated heterocycles. The lowest BCUT2D eigenvalue weighted by Crippen LogP contribution is -2.39. The fourth-order valence-electron chi connectivity index (χ4n) is 3.16. The Morgan fingerprint density at radius 2 is 1.61 bits per heavy atom. The standard InChI is InChI=1S/C19H32N6O2.C7H13NO3.2C3H8/c1-5-14-8-9-16(11-15(14)12-25(4)13(2)20)24-18(26)17(22-3)7-6-10-23-19(21)27;1-7(2,3)11-6(10)8-4-5-9;2*1-3-2/h8-9,11,17,20,22H,5-7,10,12H2,1-4H3,(H,24,26)(H3,21,23,27);5H,4H2,1-3H3,(H,8,10);2*3H2,1-2H3. The third kappa shape index (κ3) is 26.0. The number of amidine groups is 1. The maximum Gasteiger partial charge on any atom is 0.408 e. The summed E-state index contributed by atoms with van der Waals surface area (Å²) >= 11 is 0. The second kappa shape index (κ2) is 26.9. The highest BCUT2D eigenvalue weighted by molar-refractivity contribution is 5.95. The molecule has 1 atom stereocenters. The lowest BCUT2D eigenvalue weighted by atomic mass is 10.0. The van der Waals surface area contributed by atoms with Gasteiger partial charge in [-0.25, -0.2) is 9.59 Å². The Morgan fingerprint density at radius 3 is 2.05 bits per heavy atom. The third-order valence-electron chi connectivity index (χ3n) is 5.20. The number of likely N-dealkylation sites (N-methyl/N-ethyl adjacent to an activating group) is 1. The molecule has 1 aromatic rings. The molecule has 7 N–H and O–H groups in total. The summed E-state index contributed by atoms with van der Waals surface area (Å²) in [6.07, 6.45) is 4.65. The summed E-state index contributed by atoms with van der Waals surface area (Å²) in [5, 5.41) is 18.5. The van der Waals surface area contributed by atoms with Crippen LogP contribution in [0, 0.1) is 5.41 Å². The number of hydrogen-bond acceptors (Lipinski definition) is 7. The Bertz CT molecular complexity index is 963. The minimum Gasteiger partial charge on any atom is -0.444 e. The number of hydrogen-bond donors (Lipinski definition) is 6. The van der Waals surface area contributed by atoms with Gasteiger partial charge in [-0.15, -0.1) is 0 Å². The summed E-state index contributed by atoms with van der Waals surface area (Å²) < 4.78 is 4.83. The van der Waals surface area contributed by atoms with Crippen LogP contribution in [0.5, 0.6) is 0 Å². The van der Waals surface area contributed by atoms with Crippen molar-refractivity contribution in [2.24, 2.45) is 5.73 Å². The van der Waals surface area contributed by atoms with Gasteiger partial charge < -0.3 is 41.4 Å². The van der Waals surface area contributed by atoms with Gasteiger partial charge in [0.05, 0.1) is 18.4 Å². The number of ether oxygens (including phenoxy) is 1. The van der Waals surface area contributed by atoms with Crippen LogP contribution in [-0.2, 0) is 27.3 Å². The molecule has 1 rings (SSSR count). The number of rotatable bonds is 12. The van der Waals surface area contributed by atoms with Gasteiger partial charge in [0, 0.05) is 25.8 Å². The van der Waals surface area contributed by atoms with E-state index in [1.807, 2.05) is 30.1 Å². The predicted molar refractivity (Wildman–Crippen MR) is 181 cm³/mol. The first-order valence-corrected chi connectivity index (χ1v) is 15.4. The predicted octanol–water partition coefficient (Wildman–Crippen LogP) is 5.20. The van der Waals surface area contributed by atoms with Crippen LogP contribution in [-0.4, -0.2) is 73.9 Å². The highest BCUT2D eigenvalue weighted by atomic mass is 16.6. The Morgan fingerprint density at radius 1 is 1.05 bits per heavy atom. The van der Waals surface area contributed by atoms with Crippen molar-refractivity contribution in [1.82, 2.24) is 20.9 Å². The average Bonchev–Trinajstić information content (AvgIpc) is 2.92. The van der Waals surface area contributed by atoms with E-state index in [-0.39, 0.29) is 18.5 Å². The van der Waals surface area contributed by atoms with Crippen molar-refractivity contribution < 1.29 is 23.9 Å². The van der Waals surface area contributed by atoms with E-state index in [1.54, 1.807) is 34.7 Å². The summed E-state index contributed by atoms with van der Waals surface area (Å²) in [7, 11) is 3.61. The number of carbonyl (C=O) groups excluding carboxylic acids is 4. The van der Waals surface area contributed by atoms with Gasteiger partial charge in [-0.1, -0.05) is 53.5 Å². The third-order valence-corrected chi connectivity index (χ3v) is 5.20. The number of urea groups is 1. The maximum atomic E-state index is 12.5. The van der Waals surface area contributed by atoms with Gasteiger partial charge in [0.25, 0.3) is 0 Å². The smallest absolute Gasteiger partial charge is 0.408 e. The lowest BCUT2D eigenvalue weighted by molar-refractivity contribution is -0.118. The molecule has 0 aromatic heterocycles. The first kappa shape index (κ1) is 44.8. The van der Waals surface area contributed by atoms with Crippen LogP contribution in [0.3, 0.4) is 0 Å². The molecule has 1 unspecified atom stereocenters. The Hall–Kier alpha value is -3.67. The second-order valence-corrected chi connectivity index (χ2v) is 11.0. The number of aldehydes is 1. The van der Waals surface area contributed by atoms with Gasteiger partial charge in [0.2, 0.25) is 5.91 Å². The minimum absolute atomic E-state index is 0.00505. The van der Waals surface area contributed by atoms with Crippen molar-refractivity contribution in [1.29, 1.82) is 5.41 Å². The monoisotopic (exact) mass is 623 g/mol. The van der Waals surface area contributed by atoms with Crippen LogP contribution < -0.4 is 27.0 Å². The summed E-state index contributed by atoms with van der Waals surface area (Å²) in [4.78, 5) is 45.6. The van der Waals surface area contributed by atoms with Gasteiger partial charge >= 0.3 is 12.1 Å². The van der Waals surface area contributed by atoms with E-state index < -0.39 is 17.7 Å². The zero-order chi connectivity index (χ0) is 34.7. The van der Waals surface area contributed by atoms with Crippen molar-refractivity contribution in [3.8, 4) is 0 Å². The van der Waals surface area contributed by atoms with E-state index in [0.717, 1.165) is 17.7 Å². The molecular weight excluding hydrogens is 562 g/mol. The molecule has 1 aromatic carbocycles. The van der Waals surface area contributed by atoms with E-state index in [1.165, 1.54) is 18.4 Å². The SMILES string of the molecule is CC(C)(C)OC(=O)NCC=O.CCC.CCC.CCc1ccc(NC(=O)C(CCCNC(N)=O)NC)cc1CN(C)C(C)=N. The number of primary amides is 1. The quantitative estimate of drug-likeness (QED) is 0.0802. The molecule has 0 heterocycles. The molecule has 0 aliphatic rings. The molecule has 254 valence electrons. The van der Waals surface area contributed by atoms with E-state index in [4.69, 9.17) is 15.9 Å². The summed E-state index contributed by atoms with van der Waals surface area (Å²) in [6.45, 7) is 18.7. The van der Waals surface area contributed by atoms with Crippen molar-refractivity contribution in [2.45, 2.75) is 113 Å². The Labute approximate surface area is 266 Å². The summed E-state index contributed by atoms with van der Waals surface area (Å²) in [6, 6.07) is 4.97. The Kier molecular flexibility index (Phi) is 27.4. The number of amides is 4. The zero-order valence-corrected chi connectivity index (χ0v) is 29.1. The summed E-state index contributed by atoms with van der Waals surface area (Å²) in [5.41, 5.74) is 7.55. The molecule has 0 saturated carbocycles. The first-order chi connectivity index (χ1) is 20.6. The van der Waals surface area contributed by atoms with Crippen LogP contribution in [0.25, 0.3) is 0 Å². The molecule has 0 radical (unpaired) electrons. The molecule has 44 heavy (non-hydrogen) atoms. The van der Waals surface area contributed by atoms with Crippen molar-refractivity contribution in [3.63, 3.8) is 0 Å². The molecule has 0 bridgehead atoms. The van der Waals surface area contributed by atoms with Crippen LogP contribution >= 0.6 is 0 Å². The number of benzene rings is 1. The van der Waals surface area contributed by atoms with E-state index in [9.17, 15) is 19.2 Å². The van der Waals surface area contributed by atoms with Crippen LogP contribution in [0.1, 0.15) is 99.1 Å². The number of anilines is 1. The zero-order valence-electron chi connectivity index (χ0n) is 29.1. The van der Waals surface area contributed by atoms with Gasteiger partial charge in [-0.2, -0.15) is 0 Å². The van der Waals surface area contributed by atoms with E-state index >= 15 is 0 Å². The fourth-order valence-corrected chi connectivity index (χ4v) is 3.16. The maximum absolute atomic E-state index is 12.5. The molecule has 0 fully saturated rings. The normalized spacial score (nSPS) is 10.5. The number of nitrogens with two attached hydrogens (primary N) is 1. The molecule has 0 aliphatic heterocycles. The average molecular weight is 624 g/mol. The number of carbonyl (C=O) groups is 4. The van der Waals surface area contributed by atoms with Gasteiger partial charge in [-0.3, -0.25) is 10.2 Å². The molecule has 12 heteroatoms. The van der Waals surface area contributed by atoms with Gasteiger partial charge in [0.1, 0.15) is 11.9 Å². The van der Waals surface area contributed by atoms with Crippen LogP contribution in [0.4, 0.5) is 15.3 Å². The van der Waals surface area contributed by atoms with E-state index in [0.29, 0.717) is 38.1 Å². The number of aryl methyl sites for hydroxylation is 1. The molecule has 4 amide bonds. The first-order valence-electron chi connectivity index (χ1n) is 15.4. The number of nitrogens with zero attached hydrogens (tertiary/aromatic N) is 1. The Balaban J connectivity index is -0.000000815. The van der Waals surface area contributed by atoms with Crippen molar-refractivity contribution >= 4 is 35.8 Å². The topological polar surface area (TPSA) is 179 Å². The minimum atomic E-state index is -0.565. The number of alkyl carbamates (subject to hydrolysis) is 1. The molecular formula is C32H61N7O5. The highest BCUT2D eigenvalue weighted by Gasteiger charge is 2.17. The highest BCUT2D eigenvalue weighted by Crippen LogP contribution is 2.19.